The van der Waals surface area contributed by atoms with Gasteiger partial charge in [0.15, 0.2) is 0 Å². The lowest BCUT2D eigenvalue weighted by molar-refractivity contribution is -0.114. The predicted molar refractivity (Wildman–Crippen MR) is 68.6 cm³/mol. The van der Waals surface area contributed by atoms with Gasteiger partial charge in [0.25, 0.3) is 0 Å². The molecule has 1 unspecified atom stereocenters. The lowest BCUT2D eigenvalue weighted by atomic mass is 9.91. The maximum atomic E-state index is 11.1. The molecule has 1 N–H and O–H groups in total. The summed E-state index contributed by atoms with van der Waals surface area (Å²) in [5.41, 5.74) is 2.18. The molecule has 1 aromatic rings. The molecule has 0 saturated carbocycles. The first kappa shape index (κ1) is 12.8. The van der Waals surface area contributed by atoms with Crippen molar-refractivity contribution in [2.45, 2.75) is 40.0 Å². The maximum Gasteiger partial charge on any atom is 0.221 e. The van der Waals surface area contributed by atoms with Crippen molar-refractivity contribution >= 4 is 11.6 Å². The number of hydrogen-bond acceptors (Lipinski definition) is 1. The molecule has 16 heavy (non-hydrogen) atoms. The lowest BCUT2D eigenvalue weighted by Crippen LogP contribution is -2.10. The average molecular weight is 219 g/mol. The number of nitrogens with one attached hydrogen (secondary N) is 1. The van der Waals surface area contributed by atoms with Gasteiger partial charge in [0.2, 0.25) is 5.91 Å². The van der Waals surface area contributed by atoms with Gasteiger partial charge in [-0.25, -0.2) is 0 Å². The van der Waals surface area contributed by atoms with Gasteiger partial charge < -0.3 is 5.32 Å². The fourth-order valence-corrected chi connectivity index (χ4v) is 2.06. The third-order valence-corrected chi connectivity index (χ3v) is 2.63. The molecular weight excluding hydrogens is 198 g/mol. The highest BCUT2D eigenvalue weighted by molar-refractivity contribution is 5.89. The van der Waals surface area contributed by atoms with Crippen LogP contribution in [0.1, 0.15) is 45.6 Å². The number of rotatable bonds is 4. The van der Waals surface area contributed by atoms with Crippen LogP contribution in [0.4, 0.5) is 5.69 Å². The minimum absolute atomic E-state index is 0.0100. The Labute approximate surface area is 98.1 Å². The van der Waals surface area contributed by atoms with Crippen molar-refractivity contribution < 1.29 is 4.79 Å². The zero-order valence-corrected chi connectivity index (χ0v) is 10.6. The Morgan fingerprint density at radius 1 is 1.25 bits per heavy atom. The summed E-state index contributed by atoms with van der Waals surface area (Å²) < 4.78 is 0. The summed E-state index contributed by atoms with van der Waals surface area (Å²) >= 11 is 0. The lowest BCUT2D eigenvalue weighted by Gasteiger charge is -2.18. The van der Waals surface area contributed by atoms with Gasteiger partial charge in [-0.3, -0.25) is 4.79 Å². The number of carbonyl (C=O) groups is 1. The normalized spacial score (nSPS) is 12.6. The van der Waals surface area contributed by atoms with E-state index in [1.54, 1.807) is 6.92 Å². The first-order valence-corrected chi connectivity index (χ1v) is 5.87. The van der Waals surface area contributed by atoms with Gasteiger partial charge in [0.05, 0.1) is 0 Å². The maximum absolute atomic E-state index is 11.1. The third kappa shape index (κ3) is 3.69. The van der Waals surface area contributed by atoms with Crippen LogP contribution in [0.3, 0.4) is 0 Å². The third-order valence-electron chi connectivity index (χ3n) is 2.63. The van der Waals surface area contributed by atoms with Crippen molar-refractivity contribution in [3.63, 3.8) is 0 Å². The molecule has 1 aromatic carbocycles. The molecule has 0 spiro atoms. The van der Waals surface area contributed by atoms with E-state index in [9.17, 15) is 4.79 Å². The second-order valence-corrected chi connectivity index (χ2v) is 4.80. The predicted octanol–water partition coefficient (Wildman–Crippen LogP) is 3.79. The Bertz CT molecular complexity index is 358. The molecule has 0 fully saturated rings. The van der Waals surface area contributed by atoms with Gasteiger partial charge >= 0.3 is 0 Å². The topological polar surface area (TPSA) is 29.1 Å². The fourth-order valence-electron chi connectivity index (χ4n) is 2.06. The van der Waals surface area contributed by atoms with Crippen LogP contribution in [0, 0.1) is 5.92 Å². The van der Waals surface area contributed by atoms with E-state index >= 15 is 0 Å². The van der Waals surface area contributed by atoms with Gasteiger partial charge in [-0.05, 0) is 29.9 Å². The van der Waals surface area contributed by atoms with Crippen LogP contribution < -0.4 is 5.32 Å². The molecule has 2 heteroatoms. The quantitative estimate of drug-likeness (QED) is 0.820. The Kier molecular flexibility index (Phi) is 4.53. The minimum Gasteiger partial charge on any atom is -0.326 e. The standard InChI is InChI=1S/C14H21NO/c1-10(2)9-11(3)13-7-5-6-8-14(13)15-12(4)16/h5-8,10-11H,9H2,1-4H3,(H,15,16). The van der Waals surface area contributed by atoms with E-state index < -0.39 is 0 Å². The summed E-state index contributed by atoms with van der Waals surface area (Å²) in [6.45, 7) is 8.19. The number of para-hydroxylation sites is 1. The Balaban J connectivity index is 2.89. The molecule has 1 atom stereocenters. The molecule has 0 saturated heterocycles. The van der Waals surface area contributed by atoms with Crippen LogP contribution in [-0.4, -0.2) is 5.91 Å². The molecule has 0 bridgehead atoms. The molecule has 0 aliphatic rings. The fraction of sp³-hybridized carbons (Fsp3) is 0.500. The van der Waals surface area contributed by atoms with Gasteiger partial charge in [-0.2, -0.15) is 0 Å². The Hall–Kier alpha value is -1.31. The number of benzene rings is 1. The smallest absolute Gasteiger partial charge is 0.221 e. The zero-order chi connectivity index (χ0) is 12.1. The van der Waals surface area contributed by atoms with Crippen molar-refractivity contribution in [3.8, 4) is 0 Å². The molecule has 2 nitrogen and oxygen atoms in total. The highest BCUT2D eigenvalue weighted by Gasteiger charge is 2.12. The summed E-state index contributed by atoms with van der Waals surface area (Å²) in [5.74, 6) is 1.13. The van der Waals surface area contributed by atoms with Gasteiger partial charge in [-0.15, -0.1) is 0 Å². The van der Waals surface area contributed by atoms with Crippen molar-refractivity contribution in [1.82, 2.24) is 0 Å². The Morgan fingerprint density at radius 2 is 1.88 bits per heavy atom. The van der Waals surface area contributed by atoms with Gasteiger partial charge in [0, 0.05) is 12.6 Å². The molecule has 1 rings (SSSR count). The zero-order valence-electron chi connectivity index (χ0n) is 10.6. The first-order chi connectivity index (χ1) is 7.50. The van der Waals surface area contributed by atoms with Crippen molar-refractivity contribution in [1.29, 1.82) is 0 Å². The van der Waals surface area contributed by atoms with Crippen LogP contribution in [0.2, 0.25) is 0 Å². The van der Waals surface area contributed by atoms with Gasteiger partial charge in [0.1, 0.15) is 0 Å². The summed E-state index contributed by atoms with van der Waals surface area (Å²) in [6, 6.07) is 8.04. The molecule has 0 heterocycles. The van der Waals surface area contributed by atoms with Crippen molar-refractivity contribution in [3.05, 3.63) is 29.8 Å². The van der Waals surface area contributed by atoms with Crippen molar-refractivity contribution in [2.75, 3.05) is 5.32 Å². The van der Waals surface area contributed by atoms with Crippen molar-refractivity contribution in [2.24, 2.45) is 5.92 Å². The molecule has 88 valence electrons. The number of amides is 1. The first-order valence-electron chi connectivity index (χ1n) is 5.87. The Morgan fingerprint density at radius 3 is 2.44 bits per heavy atom. The van der Waals surface area contributed by atoms with Crippen LogP contribution in [0.25, 0.3) is 0 Å². The molecule has 1 amide bonds. The highest BCUT2D eigenvalue weighted by atomic mass is 16.1. The van der Waals surface area contributed by atoms with E-state index in [2.05, 4.69) is 32.2 Å². The number of hydrogen-bond donors (Lipinski definition) is 1. The van der Waals surface area contributed by atoms with E-state index in [1.165, 1.54) is 5.56 Å². The van der Waals surface area contributed by atoms with Crippen LogP contribution in [0.15, 0.2) is 24.3 Å². The van der Waals surface area contributed by atoms with E-state index in [0.29, 0.717) is 11.8 Å². The molecule has 0 aliphatic carbocycles. The second-order valence-electron chi connectivity index (χ2n) is 4.80. The van der Waals surface area contributed by atoms with E-state index in [0.717, 1.165) is 12.1 Å². The highest BCUT2D eigenvalue weighted by Crippen LogP contribution is 2.29. The summed E-state index contributed by atoms with van der Waals surface area (Å²) in [5, 5.41) is 2.89. The number of carbonyl (C=O) groups excluding carboxylic acids is 1. The molecular formula is C14H21NO. The largest absolute Gasteiger partial charge is 0.326 e. The van der Waals surface area contributed by atoms with E-state index in [-0.39, 0.29) is 5.91 Å². The molecule has 0 radical (unpaired) electrons. The second kappa shape index (κ2) is 5.69. The minimum atomic E-state index is -0.0100. The van der Waals surface area contributed by atoms with Crippen LogP contribution >= 0.6 is 0 Å². The number of anilines is 1. The summed E-state index contributed by atoms with van der Waals surface area (Å²) in [4.78, 5) is 11.1. The van der Waals surface area contributed by atoms with Crippen LogP contribution in [0.5, 0.6) is 0 Å². The average Bonchev–Trinajstić information content (AvgIpc) is 2.16. The van der Waals surface area contributed by atoms with E-state index in [4.69, 9.17) is 0 Å². The van der Waals surface area contributed by atoms with E-state index in [1.807, 2.05) is 18.2 Å². The summed E-state index contributed by atoms with van der Waals surface area (Å²) in [7, 11) is 0. The molecule has 0 aromatic heterocycles. The molecule has 0 aliphatic heterocycles. The van der Waals surface area contributed by atoms with Gasteiger partial charge in [-0.1, -0.05) is 39.0 Å². The van der Waals surface area contributed by atoms with Crippen LogP contribution in [-0.2, 0) is 4.79 Å². The monoisotopic (exact) mass is 219 g/mol. The SMILES string of the molecule is CC(=O)Nc1ccccc1C(C)CC(C)C. The summed E-state index contributed by atoms with van der Waals surface area (Å²) in [6.07, 6.45) is 1.14.